The van der Waals surface area contributed by atoms with Crippen molar-refractivity contribution in [3.05, 3.63) is 41.7 Å². The maximum atomic E-state index is 5.94. The fourth-order valence-corrected chi connectivity index (χ4v) is 2.56. The van der Waals surface area contributed by atoms with Crippen molar-refractivity contribution in [1.82, 2.24) is 9.66 Å². The molecule has 1 aromatic carbocycles. The van der Waals surface area contributed by atoms with Crippen molar-refractivity contribution in [3.8, 4) is 5.75 Å². The van der Waals surface area contributed by atoms with Gasteiger partial charge in [0.1, 0.15) is 5.75 Å². The van der Waals surface area contributed by atoms with Gasteiger partial charge >= 0.3 is 0 Å². The molecule has 0 bridgehead atoms. The zero-order valence-electron chi connectivity index (χ0n) is 12.2. The second kappa shape index (κ2) is 5.99. The molecule has 1 aromatic heterocycles. The van der Waals surface area contributed by atoms with E-state index < -0.39 is 0 Å². The maximum Gasteiger partial charge on any atom is 0.221 e. The van der Waals surface area contributed by atoms with Crippen LogP contribution in [0.1, 0.15) is 36.9 Å². The lowest BCUT2D eigenvalue weighted by atomic mass is 10.2. The van der Waals surface area contributed by atoms with E-state index in [1.165, 1.54) is 25.7 Å². The van der Waals surface area contributed by atoms with Crippen LogP contribution in [0.4, 0.5) is 5.95 Å². The number of hydrogen-bond acceptors (Lipinski definition) is 4. The molecule has 0 aliphatic heterocycles. The van der Waals surface area contributed by atoms with E-state index in [2.05, 4.69) is 10.1 Å². The Morgan fingerprint density at radius 2 is 2.00 bits per heavy atom. The predicted octanol–water partition coefficient (Wildman–Crippen LogP) is 2.98. The smallest absolute Gasteiger partial charge is 0.221 e. The first kappa shape index (κ1) is 13.7. The molecule has 0 spiro atoms. The number of hydrogen-bond donors (Lipinski definition) is 1. The second-order valence-corrected chi connectivity index (χ2v) is 5.42. The molecule has 1 aliphatic carbocycles. The van der Waals surface area contributed by atoms with E-state index in [4.69, 9.17) is 10.5 Å². The summed E-state index contributed by atoms with van der Waals surface area (Å²) in [6, 6.07) is 7.96. The fraction of sp³-hybridized carbons (Fsp3) is 0.375. The van der Waals surface area contributed by atoms with Crippen LogP contribution in [0.5, 0.6) is 5.75 Å². The number of nitrogens with zero attached hydrogens (tertiary/aromatic N) is 3. The Kier molecular flexibility index (Phi) is 3.90. The maximum absolute atomic E-state index is 5.94. The molecule has 5 nitrogen and oxygen atoms in total. The molecule has 0 atom stereocenters. The van der Waals surface area contributed by atoms with E-state index in [1.54, 1.807) is 17.1 Å². The summed E-state index contributed by atoms with van der Waals surface area (Å²) >= 11 is 0. The van der Waals surface area contributed by atoms with Gasteiger partial charge in [-0.2, -0.15) is 5.10 Å². The van der Waals surface area contributed by atoms with Gasteiger partial charge in [0, 0.05) is 0 Å². The van der Waals surface area contributed by atoms with Crippen LogP contribution in [0.2, 0.25) is 0 Å². The number of rotatable bonds is 4. The Balaban J connectivity index is 1.65. The summed E-state index contributed by atoms with van der Waals surface area (Å²) in [5.74, 6) is 1.32. The molecule has 3 rings (SSSR count). The second-order valence-electron chi connectivity index (χ2n) is 5.42. The van der Waals surface area contributed by atoms with E-state index in [0.29, 0.717) is 12.1 Å². The lowest BCUT2D eigenvalue weighted by molar-refractivity contribution is 0.210. The molecule has 2 N–H and O–H groups in total. The quantitative estimate of drug-likeness (QED) is 0.878. The van der Waals surface area contributed by atoms with Gasteiger partial charge in [-0.15, -0.1) is 0 Å². The Hall–Kier alpha value is -2.30. The fourth-order valence-electron chi connectivity index (χ4n) is 2.56. The first-order valence-electron chi connectivity index (χ1n) is 7.33. The normalized spacial score (nSPS) is 15.9. The van der Waals surface area contributed by atoms with Gasteiger partial charge in [-0.1, -0.05) is 0 Å². The molecule has 1 heterocycles. The van der Waals surface area contributed by atoms with Crippen molar-refractivity contribution in [3.63, 3.8) is 0 Å². The van der Waals surface area contributed by atoms with E-state index in [1.807, 2.05) is 31.2 Å². The third kappa shape index (κ3) is 3.42. The first-order chi connectivity index (χ1) is 10.2. The number of benzene rings is 1. The summed E-state index contributed by atoms with van der Waals surface area (Å²) < 4.78 is 7.50. The molecular formula is C16H20N4O. The minimum Gasteiger partial charge on any atom is -0.490 e. The molecular weight excluding hydrogens is 264 g/mol. The highest BCUT2D eigenvalue weighted by atomic mass is 16.5. The highest BCUT2D eigenvalue weighted by molar-refractivity contribution is 5.79. The number of aryl methyl sites for hydroxylation is 1. The zero-order valence-corrected chi connectivity index (χ0v) is 12.2. The van der Waals surface area contributed by atoms with Gasteiger partial charge in [0.2, 0.25) is 5.95 Å². The Morgan fingerprint density at radius 3 is 2.62 bits per heavy atom. The molecule has 5 heteroatoms. The van der Waals surface area contributed by atoms with Gasteiger partial charge in [-0.05, 0) is 62.4 Å². The van der Waals surface area contributed by atoms with Crippen LogP contribution >= 0.6 is 0 Å². The minimum absolute atomic E-state index is 0.387. The van der Waals surface area contributed by atoms with Crippen LogP contribution in [-0.2, 0) is 0 Å². The number of nitrogens with two attached hydrogens (primary N) is 1. The summed E-state index contributed by atoms with van der Waals surface area (Å²) in [4.78, 5) is 4.10. The van der Waals surface area contributed by atoms with Crippen molar-refractivity contribution in [1.29, 1.82) is 0 Å². The monoisotopic (exact) mass is 284 g/mol. The summed E-state index contributed by atoms with van der Waals surface area (Å²) in [5, 5.41) is 4.29. The third-order valence-corrected chi connectivity index (χ3v) is 3.65. The molecule has 0 unspecified atom stereocenters. The van der Waals surface area contributed by atoms with Crippen LogP contribution in [0.25, 0.3) is 0 Å². The van der Waals surface area contributed by atoms with Gasteiger partial charge in [0.05, 0.1) is 24.2 Å². The molecule has 0 radical (unpaired) electrons. The van der Waals surface area contributed by atoms with Crippen LogP contribution < -0.4 is 10.5 Å². The Morgan fingerprint density at radius 1 is 1.29 bits per heavy atom. The molecule has 1 saturated carbocycles. The Bertz CT molecular complexity index is 624. The molecule has 0 amide bonds. The highest BCUT2D eigenvalue weighted by Crippen LogP contribution is 2.24. The van der Waals surface area contributed by atoms with E-state index in [-0.39, 0.29) is 0 Å². The molecule has 110 valence electrons. The molecule has 0 saturated heterocycles. The topological polar surface area (TPSA) is 65.4 Å². The standard InChI is InChI=1S/C16H20N4O/c1-12-11-20(16(17)19-12)18-10-13-6-8-15(9-7-13)21-14-4-2-3-5-14/h6-11,14H,2-5H2,1H3,(H2,17,19). The van der Waals surface area contributed by atoms with Crippen LogP contribution in [-0.4, -0.2) is 22.0 Å². The third-order valence-electron chi connectivity index (χ3n) is 3.65. The van der Waals surface area contributed by atoms with Crippen molar-refractivity contribution in [2.24, 2.45) is 5.10 Å². The molecule has 2 aromatic rings. The van der Waals surface area contributed by atoms with Gasteiger partial charge in [0.15, 0.2) is 0 Å². The van der Waals surface area contributed by atoms with Gasteiger partial charge in [0.25, 0.3) is 0 Å². The van der Waals surface area contributed by atoms with E-state index in [9.17, 15) is 0 Å². The van der Waals surface area contributed by atoms with Crippen molar-refractivity contribution >= 4 is 12.2 Å². The largest absolute Gasteiger partial charge is 0.490 e. The highest BCUT2D eigenvalue weighted by Gasteiger charge is 2.16. The number of aromatic nitrogens is 2. The summed E-state index contributed by atoms with van der Waals surface area (Å²) in [6.45, 7) is 1.89. The molecule has 21 heavy (non-hydrogen) atoms. The van der Waals surface area contributed by atoms with E-state index >= 15 is 0 Å². The number of ether oxygens (including phenoxy) is 1. The first-order valence-corrected chi connectivity index (χ1v) is 7.33. The lowest BCUT2D eigenvalue weighted by Gasteiger charge is -2.12. The lowest BCUT2D eigenvalue weighted by Crippen LogP contribution is -2.10. The van der Waals surface area contributed by atoms with Crippen molar-refractivity contribution in [2.75, 3.05) is 5.73 Å². The van der Waals surface area contributed by atoms with Gasteiger partial charge < -0.3 is 10.5 Å². The van der Waals surface area contributed by atoms with E-state index in [0.717, 1.165) is 17.0 Å². The number of nitrogen functional groups attached to an aromatic ring is 1. The molecule has 1 fully saturated rings. The Labute approximate surface area is 124 Å². The minimum atomic E-state index is 0.387. The van der Waals surface area contributed by atoms with Crippen LogP contribution in [0.3, 0.4) is 0 Å². The predicted molar refractivity (Wildman–Crippen MR) is 83.7 cm³/mol. The SMILES string of the molecule is Cc1cn(N=Cc2ccc(OC3CCCC3)cc2)c(N)n1. The average molecular weight is 284 g/mol. The van der Waals surface area contributed by atoms with Gasteiger partial charge in [-0.3, -0.25) is 0 Å². The zero-order chi connectivity index (χ0) is 14.7. The summed E-state index contributed by atoms with van der Waals surface area (Å²) in [6.07, 6.45) is 8.84. The summed E-state index contributed by atoms with van der Waals surface area (Å²) in [5.41, 5.74) is 7.59. The van der Waals surface area contributed by atoms with Crippen molar-refractivity contribution < 1.29 is 4.74 Å². The summed E-state index contributed by atoms with van der Waals surface area (Å²) in [7, 11) is 0. The van der Waals surface area contributed by atoms with Gasteiger partial charge in [-0.25, -0.2) is 9.66 Å². The average Bonchev–Trinajstić information content (AvgIpc) is 3.08. The van der Waals surface area contributed by atoms with Crippen LogP contribution in [0, 0.1) is 6.92 Å². The number of imidazole rings is 1. The van der Waals surface area contributed by atoms with Crippen LogP contribution in [0.15, 0.2) is 35.6 Å². The number of anilines is 1. The van der Waals surface area contributed by atoms with Crippen molar-refractivity contribution in [2.45, 2.75) is 38.7 Å². The molecule has 1 aliphatic rings.